The van der Waals surface area contributed by atoms with Crippen LogP contribution in [-0.4, -0.2) is 16.1 Å². The summed E-state index contributed by atoms with van der Waals surface area (Å²) in [6.45, 7) is 0.561. The SMILES string of the molecule is NCC(c1ccccn1)n1cccc1. The van der Waals surface area contributed by atoms with E-state index >= 15 is 0 Å². The van der Waals surface area contributed by atoms with Gasteiger partial charge in [-0.15, -0.1) is 0 Å². The van der Waals surface area contributed by atoms with Crippen LogP contribution >= 0.6 is 0 Å². The van der Waals surface area contributed by atoms with Crippen molar-refractivity contribution in [3.05, 3.63) is 54.6 Å². The first kappa shape index (κ1) is 8.97. The first-order valence-corrected chi connectivity index (χ1v) is 4.65. The zero-order chi connectivity index (χ0) is 9.80. The van der Waals surface area contributed by atoms with Crippen LogP contribution < -0.4 is 5.73 Å². The first-order valence-electron chi connectivity index (χ1n) is 4.65. The molecule has 14 heavy (non-hydrogen) atoms. The summed E-state index contributed by atoms with van der Waals surface area (Å²) in [5, 5.41) is 0. The van der Waals surface area contributed by atoms with Crippen LogP contribution in [0.25, 0.3) is 0 Å². The Morgan fingerprint density at radius 2 is 2.00 bits per heavy atom. The van der Waals surface area contributed by atoms with Crippen molar-refractivity contribution in [2.45, 2.75) is 6.04 Å². The number of nitrogens with two attached hydrogens (primary N) is 1. The second-order valence-corrected chi connectivity index (χ2v) is 3.14. The molecule has 0 amide bonds. The van der Waals surface area contributed by atoms with Gasteiger partial charge in [-0.05, 0) is 24.3 Å². The normalized spacial score (nSPS) is 12.6. The molecule has 2 N–H and O–H groups in total. The fourth-order valence-corrected chi connectivity index (χ4v) is 1.52. The summed E-state index contributed by atoms with van der Waals surface area (Å²) >= 11 is 0. The smallest absolute Gasteiger partial charge is 0.0873 e. The van der Waals surface area contributed by atoms with E-state index in [9.17, 15) is 0 Å². The lowest BCUT2D eigenvalue weighted by atomic mass is 10.2. The molecule has 0 radical (unpaired) electrons. The minimum absolute atomic E-state index is 0.145. The third kappa shape index (κ3) is 1.67. The summed E-state index contributed by atoms with van der Waals surface area (Å²) < 4.78 is 2.07. The molecule has 2 aromatic heterocycles. The molecule has 0 bridgehead atoms. The van der Waals surface area contributed by atoms with Gasteiger partial charge in [-0.1, -0.05) is 6.07 Å². The molecule has 0 aromatic carbocycles. The van der Waals surface area contributed by atoms with E-state index in [1.54, 1.807) is 6.20 Å². The minimum atomic E-state index is 0.145. The average molecular weight is 187 g/mol. The van der Waals surface area contributed by atoms with E-state index in [0.717, 1.165) is 5.69 Å². The van der Waals surface area contributed by atoms with Gasteiger partial charge >= 0.3 is 0 Å². The van der Waals surface area contributed by atoms with Crippen LogP contribution in [-0.2, 0) is 0 Å². The topological polar surface area (TPSA) is 43.8 Å². The van der Waals surface area contributed by atoms with Gasteiger partial charge in [0.1, 0.15) is 0 Å². The quantitative estimate of drug-likeness (QED) is 0.790. The van der Waals surface area contributed by atoms with Crippen LogP contribution in [0, 0.1) is 0 Å². The number of hydrogen-bond donors (Lipinski definition) is 1. The molecule has 3 nitrogen and oxygen atoms in total. The van der Waals surface area contributed by atoms with Crippen molar-refractivity contribution < 1.29 is 0 Å². The number of pyridine rings is 1. The molecule has 0 fully saturated rings. The molecule has 72 valence electrons. The Morgan fingerprint density at radius 1 is 1.21 bits per heavy atom. The van der Waals surface area contributed by atoms with Crippen LogP contribution in [0.4, 0.5) is 0 Å². The molecule has 0 aliphatic heterocycles. The van der Waals surface area contributed by atoms with Gasteiger partial charge in [0.05, 0.1) is 11.7 Å². The van der Waals surface area contributed by atoms with E-state index in [2.05, 4.69) is 9.55 Å². The van der Waals surface area contributed by atoms with Gasteiger partial charge in [0.15, 0.2) is 0 Å². The third-order valence-electron chi connectivity index (χ3n) is 2.24. The molecule has 0 spiro atoms. The monoisotopic (exact) mass is 187 g/mol. The van der Waals surface area contributed by atoms with E-state index in [1.165, 1.54) is 0 Å². The van der Waals surface area contributed by atoms with Crippen LogP contribution in [0.1, 0.15) is 11.7 Å². The third-order valence-corrected chi connectivity index (χ3v) is 2.24. The van der Waals surface area contributed by atoms with Gasteiger partial charge in [-0.25, -0.2) is 0 Å². The van der Waals surface area contributed by atoms with Crippen LogP contribution in [0.2, 0.25) is 0 Å². The van der Waals surface area contributed by atoms with E-state index in [0.29, 0.717) is 6.54 Å². The van der Waals surface area contributed by atoms with Gasteiger partial charge < -0.3 is 10.3 Å². The average Bonchev–Trinajstić information content (AvgIpc) is 2.74. The van der Waals surface area contributed by atoms with Gasteiger partial charge in [0.25, 0.3) is 0 Å². The maximum Gasteiger partial charge on any atom is 0.0873 e. The van der Waals surface area contributed by atoms with Crippen molar-refractivity contribution in [2.75, 3.05) is 6.54 Å². The highest BCUT2D eigenvalue weighted by atomic mass is 15.0. The highest BCUT2D eigenvalue weighted by molar-refractivity contribution is 5.12. The molecular formula is C11H13N3. The Balaban J connectivity index is 2.31. The van der Waals surface area contributed by atoms with Crippen LogP contribution in [0.15, 0.2) is 48.9 Å². The van der Waals surface area contributed by atoms with Gasteiger partial charge in [-0.3, -0.25) is 4.98 Å². The summed E-state index contributed by atoms with van der Waals surface area (Å²) in [6.07, 6.45) is 5.81. The second-order valence-electron chi connectivity index (χ2n) is 3.14. The Kier molecular flexibility index (Phi) is 2.60. The van der Waals surface area contributed by atoms with E-state index < -0.39 is 0 Å². The maximum absolute atomic E-state index is 5.74. The summed E-state index contributed by atoms with van der Waals surface area (Å²) in [4.78, 5) is 4.31. The van der Waals surface area contributed by atoms with Gasteiger partial charge in [0, 0.05) is 25.1 Å². The fourth-order valence-electron chi connectivity index (χ4n) is 1.52. The van der Waals surface area contributed by atoms with E-state index in [1.807, 2.05) is 42.7 Å². The van der Waals surface area contributed by atoms with E-state index in [-0.39, 0.29) is 6.04 Å². The molecule has 1 unspecified atom stereocenters. The van der Waals surface area contributed by atoms with Crippen molar-refractivity contribution in [1.29, 1.82) is 0 Å². The standard InChI is InChI=1S/C11H13N3/c12-9-11(14-7-3-4-8-14)10-5-1-2-6-13-10/h1-8,11H,9,12H2. The van der Waals surface area contributed by atoms with Gasteiger partial charge in [0.2, 0.25) is 0 Å². The molecule has 2 heterocycles. The fraction of sp³-hybridized carbons (Fsp3) is 0.182. The molecule has 1 atom stereocenters. The summed E-state index contributed by atoms with van der Waals surface area (Å²) in [6, 6.07) is 10.0. The molecule has 0 aliphatic rings. The van der Waals surface area contributed by atoms with Crippen molar-refractivity contribution in [3.8, 4) is 0 Å². The van der Waals surface area contributed by atoms with Crippen LogP contribution in [0.3, 0.4) is 0 Å². The second kappa shape index (κ2) is 4.07. The Bertz CT molecular complexity index is 367. The summed E-state index contributed by atoms with van der Waals surface area (Å²) in [5.41, 5.74) is 6.74. The highest BCUT2D eigenvalue weighted by Crippen LogP contribution is 2.13. The minimum Gasteiger partial charge on any atom is -0.344 e. The molecule has 0 aliphatic carbocycles. The van der Waals surface area contributed by atoms with Gasteiger partial charge in [-0.2, -0.15) is 0 Å². The zero-order valence-corrected chi connectivity index (χ0v) is 7.88. The molecule has 2 aromatic rings. The van der Waals surface area contributed by atoms with Crippen LogP contribution in [0.5, 0.6) is 0 Å². The predicted octanol–water partition coefficient (Wildman–Crippen LogP) is 1.43. The predicted molar refractivity (Wildman–Crippen MR) is 55.9 cm³/mol. The Labute approximate surface area is 83.2 Å². The molecule has 3 heteroatoms. The molecule has 2 rings (SSSR count). The van der Waals surface area contributed by atoms with E-state index in [4.69, 9.17) is 5.73 Å². The zero-order valence-electron chi connectivity index (χ0n) is 7.88. The molecule has 0 saturated heterocycles. The summed E-state index contributed by atoms with van der Waals surface area (Å²) in [7, 11) is 0. The Morgan fingerprint density at radius 3 is 2.57 bits per heavy atom. The highest BCUT2D eigenvalue weighted by Gasteiger charge is 2.10. The first-order chi connectivity index (χ1) is 6.92. The lowest BCUT2D eigenvalue weighted by Gasteiger charge is -2.15. The van der Waals surface area contributed by atoms with Crippen molar-refractivity contribution in [3.63, 3.8) is 0 Å². The number of nitrogens with zero attached hydrogens (tertiary/aromatic N) is 2. The van der Waals surface area contributed by atoms with Crippen molar-refractivity contribution in [2.24, 2.45) is 5.73 Å². The van der Waals surface area contributed by atoms with Crippen molar-refractivity contribution >= 4 is 0 Å². The van der Waals surface area contributed by atoms with Crippen molar-refractivity contribution in [1.82, 2.24) is 9.55 Å². The Hall–Kier alpha value is -1.61. The number of rotatable bonds is 3. The largest absolute Gasteiger partial charge is 0.344 e. The number of aromatic nitrogens is 2. The summed E-state index contributed by atoms with van der Waals surface area (Å²) in [5.74, 6) is 0. The molecular weight excluding hydrogens is 174 g/mol. The number of hydrogen-bond acceptors (Lipinski definition) is 2. The lowest BCUT2D eigenvalue weighted by molar-refractivity contribution is 0.582. The maximum atomic E-state index is 5.74. The lowest BCUT2D eigenvalue weighted by Crippen LogP contribution is -2.20. The molecule has 0 saturated carbocycles.